The Labute approximate surface area is 66.4 Å². The predicted octanol–water partition coefficient (Wildman–Crippen LogP) is 2.25. The molecular formula is C8H14FO2. The maximum absolute atomic E-state index is 12.3. The van der Waals surface area contributed by atoms with Crippen LogP contribution >= 0.6 is 0 Å². The lowest BCUT2D eigenvalue weighted by Crippen LogP contribution is -2.12. The van der Waals surface area contributed by atoms with Gasteiger partial charge < -0.3 is 0 Å². The first-order chi connectivity index (χ1) is 5.18. The quantitative estimate of drug-likeness (QED) is 0.550. The Bertz CT molecular complexity index is 115. The van der Waals surface area contributed by atoms with E-state index in [1.165, 1.54) is 0 Å². The van der Waals surface area contributed by atoms with Gasteiger partial charge in [-0.05, 0) is 12.8 Å². The number of unbranched alkanes of at least 4 members (excludes halogenated alkanes) is 3. The first-order valence-corrected chi connectivity index (χ1v) is 4.03. The minimum Gasteiger partial charge on any atom is -0.244 e. The van der Waals surface area contributed by atoms with Gasteiger partial charge in [0.05, 0.1) is 0 Å². The van der Waals surface area contributed by atoms with E-state index in [2.05, 4.69) is 0 Å². The molecule has 0 rings (SSSR count). The SMILES string of the molecule is CCCCCCC(F)C([O])=O. The fourth-order valence-corrected chi connectivity index (χ4v) is 0.868. The molecule has 1 radical (unpaired) electrons. The Morgan fingerprint density at radius 1 is 1.36 bits per heavy atom. The molecule has 0 aliphatic heterocycles. The van der Waals surface area contributed by atoms with E-state index >= 15 is 0 Å². The third-order valence-corrected chi connectivity index (χ3v) is 1.57. The van der Waals surface area contributed by atoms with Crippen LogP contribution in [0.3, 0.4) is 0 Å². The molecule has 0 spiro atoms. The van der Waals surface area contributed by atoms with Crippen LogP contribution in [-0.2, 0) is 9.90 Å². The monoisotopic (exact) mass is 161 g/mol. The molecule has 0 N–H and O–H groups in total. The highest BCUT2D eigenvalue weighted by molar-refractivity contribution is 5.71. The zero-order valence-electron chi connectivity index (χ0n) is 6.81. The fourth-order valence-electron chi connectivity index (χ4n) is 0.868. The van der Waals surface area contributed by atoms with Crippen LogP contribution < -0.4 is 0 Å². The van der Waals surface area contributed by atoms with Gasteiger partial charge in [-0.2, -0.15) is 0 Å². The maximum atomic E-state index is 12.3. The van der Waals surface area contributed by atoms with Crippen LogP contribution in [0.4, 0.5) is 4.39 Å². The van der Waals surface area contributed by atoms with E-state index in [-0.39, 0.29) is 6.42 Å². The summed E-state index contributed by atoms with van der Waals surface area (Å²) in [7, 11) is 0. The second kappa shape index (κ2) is 6.13. The van der Waals surface area contributed by atoms with E-state index in [4.69, 9.17) is 0 Å². The predicted molar refractivity (Wildman–Crippen MR) is 39.3 cm³/mol. The average molecular weight is 161 g/mol. The van der Waals surface area contributed by atoms with Crippen molar-refractivity contribution in [1.29, 1.82) is 0 Å². The van der Waals surface area contributed by atoms with Gasteiger partial charge in [-0.15, -0.1) is 0 Å². The summed E-state index contributed by atoms with van der Waals surface area (Å²) in [6, 6.07) is 0. The van der Waals surface area contributed by atoms with E-state index in [0.717, 1.165) is 19.3 Å². The summed E-state index contributed by atoms with van der Waals surface area (Å²) in [5.74, 6) is -1.58. The highest BCUT2D eigenvalue weighted by Crippen LogP contribution is 2.07. The Hall–Kier alpha value is -0.600. The van der Waals surface area contributed by atoms with E-state index in [0.29, 0.717) is 6.42 Å². The molecule has 0 aliphatic carbocycles. The second-order valence-electron chi connectivity index (χ2n) is 2.64. The first-order valence-electron chi connectivity index (χ1n) is 4.03. The van der Waals surface area contributed by atoms with Crippen molar-refractivity contribution in [1.82, 2.24) is 0 Å². The van der Waals surface area contributed by atoms with Gasteiger partial charge in [0, 0.05) is 0 Å². The summed E-state index contributed by atoms with van der Waals surface area (Å²) in [6.45, 7) is 2.05. The highest BCUT2D eigenvalue weighted by atomic mass is 19.1. The van der Waals surface area contributed by atoms with Gasteiger partial charge in [0.15, 0.2) is 0 Å². The maximum Gasteiger partial charge on any atom is 0.389 e. The lowest BCUT2D eigenvalue weighted by Gasteiger charge is -1.99. The number of carbonyl (C=O) groups excluding carboxylic acids is 1. The zero-order chi connectivity index (χ0) is 8.69. The number of rotatable bonds is 6. The molecule has 1 atom stereocenters. The minimum absolute atomic E-state index is 0.0995. The van der Waals surface area contributed by atoms with Crippen molar-refractivity contribution in [2.45, 2.75) is 45.2 Å². The molecule has 0 aliphatic rings. The van der Waals surface area contributed by atoms with Gasteiger partial charge in [-0.1, -0.05) is 26.2 Å². The Morgan fingerprint density at radius 3 is 2.45 bits per heavy atom. The molecule has 0 bridgehead atoms. The van der Waals surface area contributed by atoms with Gasteiger partial charge in [0.2, 0.25) is 6.17 Å². The van der Waals surface area contributed by atoms with Crippen molar-refractivity contribution in [3.8, 4) is 0 Å². The molecule has 1 unspecified atom stereocenters. The van der Waals surface area contributed by atoms with E-state index in [1.54, 1.807) is 0 Å². The summed E-state index contributed by atoms with van der Waals surface area (Å²) in [6.07, 6.45) is 1.99. The lowest BCUT2D eigenvalue weighted by molar-refractivity contribution is -0.149. The molecule has 0 saturated heterocycles. The third-order valence-electron chi connectivity index (χ3n) is 1.57. The van der Waals surface area contributed by atoms with Crippen molar-refractivity contribution in [2.75, 3.05) is 0 Å². The number of alkyl halides is 1. The molecule has 65 valence electrons. The Balaban J connectivity index is 3.17. The molecule has 3 heteroatoms. The highest BCUT2D eigenvalue weighted by Gasteiger charge is 2.16. The van der Waals surface area contributed by atoms with Gasteiger partial charge in [-0.25, -0.2) is 14.3 Å². The summed E-state index contributed by atoms with van der Waals surface area (Å²) in [4.78, 5) is 9.88. The van der Waals surface area contributed by atoms with Crippen LogP contribution in [-0.4, -0.2) is 12.1 Å². The molecular weight excluding hydrogens is 147 g/mol. The molecule has 0 aromatic rings. The van der Waals surface area contributed by atoms with Crippen molar-refractivity contribution in [3.63, 3.8) is 0 Å². The Morgan fingerprint density at radius 2 is 2.00 bits per heavy atom. The van der Waals surface area contributed by atoms with Crippen LogP contribution in [0.1, 0.15) is 39.0 Å². The smallest absolute Gasteiger partial charge is 0.244 e. The topological polar surface area (TPSA) is 37.0 Å². The van der Waals surface area contributed by atoms with Crippen LogP contribution in [0.25, 0.3) is 0 Å². The number of hydrogen-bond acceptors (Lipinski definition) is 1. The summed E-state index contributed by atoms with van der Waals surface area (Å²) >= 11 is 0. The summed E-state index contributed by atoms with van der Waals surface area (Å²) < 4.78 is 12.3. The van der Waals surface area contributed by atoms with Crippen molar-refractivity contribution in [2.24, 2.45) is 0 Å². The molecule has 0 heterocycles. The largest absolute Gasteiger partial charge is 0.389 e. The standard InChI is InChI=1S/C8H14FO2/c1-2-3-4-5-6-7(9)8(10)11/h7H,2-6H2,1H3. The van der Waals surface area contributed by atoms with Crippen molar-refractivity contribution in [3.05, 3.63) is 0 Å². The fraction of sp³-hybridized carbons (Fsp3) is 0.875. The molecule has 0 saturated carbocycles. The van der Waals surface area contributed by atoms with E-state index in [1.807, 2.05) is 6.92 Å². The number of halogens is 1. The van der Waals surface area contributed by atoms with Crippen molar-refractivity contribution >= 4 is 5.97 Å². The van der Waals surface area contributed by atoms with Crippen LogP contribution in [0, 0.1) is 0 Å². The molecule has 0 aromatic carbocycles. The van der Waals surface area contributed by atoms with Gasteiger partial charge in [0.1, 0.15) is 0 Å². The van der Waals surface area contributed by atoms with Crippen molar-refractivity contribution < 1.29 is 14.3 Å². The summed E-state index contributed by atoms with van der Waals surface area (Å²) in [5, 5.41) is 9.88. The third kappa shape index (κ3) is 5.83. The normalized spacial score (nSPS) is 12.9. The summed E-state index contributed by atoms with van der Waals surface area (Å²) in [5.41, 5.74) is 0. The molecule has 2 nitrogen and oxygen atoms in total. The van der Waals surface area contributed by atoms with Crippen LogP contribution in [0.2, 0.25) is 0 Å². The molecule has 0 fully saturated rings. The Kier molecular flexibility index (Phi) is 5.80. The first kappa shape index (κ1) is 10.4. The lowest BCUT2D eigenvalue weighted by atomic mass is 10.1. The minimum atomic E-state index is -1.77. The number of hydrogen-bond donors (Lipinski definition) is 0. The number of carbonyl (C=O) groups is 1. The van der Waals surface area contributed by atoms with Gasteiger partial charge in [-0.3, -0.25) is 0 Å². The van der Waals surface area contributed by atoms with Crippen LogP contribution in [0.15, 0.2) is 0 Å². The van der Waals surface area contributed by atoms with E-state index < -0.39 is 12.1 Å². The molecule has 11 heavy (non-hydrogen) atoms. The second-order valence-corrected chi connectivity index (χ2v) is 2.64. The van der Waals surface area contributed by atoms with Gasteiger partial charge in [0.25, 0.3) is 0 Å². The average Bonchev–Trinajstić information content (AvgIpc) is 1.97. The zero-order valence-corrected chi connectivity index (χ0v) is 6.81. The molecule has 0 aromatic heterocycles. The molecule has 0 amide bonds. The van der Waals surface area contributed by atoms with E-state index in [9.17, 15) is 14.3 Å². The van der Waals surface area contributed by atoms with Gasteiger partial charge >= 0.3 is 5.97 Å². The van der Waals surface area contributed by atoms with Crippen LogP contribution in [0.5, 0.6) is 0 Å².